The quantitative estimate of drug-likeness (QED) is 0.463. The number of rotatable bonds is 15. The molecule has 0 saturated carbocycles. The third-order valence-electron chi connectivity index (χ3n) is 2.63. The lowest BCUT2D eigenvalue weighted by Gasteiger charge is -2.06. The molecule has 0 atom stereocenters. The summed E-state index contributed by atoms with van der Waals surface area (Å²) in [6.07, 6.45) is 7.66. The Bertz CT molecular complexity index is 200. The Morgan fingerprint density at radius 1 is 0.789 bits per heavy atom. The molecule has 0 aromatic carbocycles. The van der Waals surface area contributed by atoms with E-state index in [2.05, 4.69) is 6.92 Å². The predicted octanol–water partition coefficient (Wildman–Crippen LogP) is 1.88. The Morgan fingerprint density at radius 3 is 1.95 bits per heavy atom. The molecule has 0 saturated heterocycles. The predicted molar refractivity (Wildman–Crippen MR) is 75.0 cm³/mol. The molecule has 0 spiro atoms. The van der Waals surface area contributed by atoms with Crippen LogP contribution in [0.25, 0.3) is 0 Å². The van der Waals surface area contributed by atoms with Crippen molar-refractivity contribution in [2.45, 2.75) is 45.4 Å². The highest BCUT2D eigenvalue weighted by atomic mass is 16.5. The molecule has 0 rings (SSSR count). The summed E-state index contributed by atoms with van der Waals surface area (Å²) in [5.74, 6) is -0.456. The highest BCUT2D eigenvalue weighted by molar-refractivity contribution is 5.74. The second kappa shape index (κ2) is 15.4. The van der Waals surface area contributed by atoms with Gasteiger partial charge in [-0.15, -0.1) is 0 Å². The van der Waals surface area contributed by atoms with Gasteiger partial charge in [0, 0.05) is 6.61 Å². The van der Waals surface area contributed by atoms with Crippen molar-refractivity contribution in [1.29, 1.82) is 0 Å². The molecule has 114 valence electrons. The van der Waals surface area contributed by atoms with E-state index in [1.54, 1.807) is 0 Å². The van der Waals surface area contributed by atoms with Crippen LogP contribution in [0, 0.1) is 0 Å². The van der Waals surface area contributed by atoms with Gasteiger partial charge < -0.3 is 19.9 Å². The monoisotopic (exact) mass is 275 g/mol. The van der Waals surface area contributed by atoms with Crippen molar-refractivity contribution in [3.05, 3.63) is 0 Å². The first-order chi connectivity index (χ1) is 9.27. The fourth-order valence-corrected chi connectivity index (χ4v) is 1.60. The van der Waals surface area contributed by atoms with Crippen LogP contribution >= 0.6 is 0 Å². The van der Waals surface area contributed by atoms with Gasteiger partial charge in [0.2, 0.25) is 5.91 Å². The van der Waals surface area contributed by atoms with Crippen LogP contribution in [0.2, 0.25) is 0 Å². The van der Waals surface area contributed by atoms with Gasteiger partial charge in [0.05, 0.1) is 26.4 Å². The maximum atomic E-state index is 10.4. The third-order valence-corrected chi connectivity index (χ3v) is 2.63. The number of carbonyl (C=O) groups is 1. The Labute approximate surface area is 116 Å². The number of amides is 1. The summed E-state index contributed by atoms with van der Waals surface area (Å²) in [7, 11) is 0. The smallest absolute Gasteiger partial charge is 0.243 e. The lowest BCUT2D eigenvalue weighted by molar-refractivity contribution is -0.123. The summed E-state index contributed by atoms with van der Waals surface area (Å²) >= 11 is 0. The van der Waals surface area contributed by atoms with E-state index in [1.807, 2.05) is 0 Å². The van der Waals surface area contributed by atoms with Gasteiger partial charge in [0.25, 0.3) is 0 Å². The second-order valence-electron chi connectivity index (χ2n) is 4.51. The van der Waals surface area contributed by atoms with E-state index >= 15 is 0 Å². The first-order valence-electron chi connectivity index (χ1n) is 7.29. The number of nitrogens with two attached hydrogens (primary N) is 1. The largest absolute Gasteiger partial charge is 0.379 e. The van der Waals surface area contributed by atoms with Gasteiger partial charge in [-0.3, -0.25) is 4.79 Å². The number of hydrogen-bond acceptors (Lipinski definition) is 4. The van der Waals surface area contributed by atoms with E-state index in [4.69, 9.17) is 19.9 Å². The zero-order valence-electron chi connectivity index (χ0n) is 12.2. The van der Waals surface area contributed by atoms with E-state index in [0.29, 0.717) is 26.4 Å². The van der Waals surface area contributed by atoms with Gasteiger partial charge in [-0.2, -0.15) is 0 Å². The fraction of sp³-hybridized carbons (Fsp3) is 0.929. The van der Waals surface area contributed by atoms with Crippen LogP contribution < -0.4 is 5.73 Å². The molecule has 0 aromatic rings. The molecule has 2 N–H and O–H groups in total. The molecule has 19 heavy (non-hydrogen) atoms. The number of hydrogen-bond donors (Lipinski definition) is 1. The number of primary amides is 1. The summed E-state index contributed by atoms with van der Waals surface area (Å²) in [4.78, 5) is 10.4. The molecule has 5 heteroatoms. The first kappa shape index (κ1) is 18.4. The van der Waals surface area contributed by atoms with Gasteiger partial charge in [-0.1, -0.05) is 39.0 Å². The summed E-state index contributed by atoms with van der Waals surface area (Å²) in [5, 5.41) is 0. The minimum Gasteiger partial charge on any atom is -0.379 e. The molecule has 0 aliphatic carbocycles. The average Bonchev–Trinajstić information content (AvgIpc) is 2.39. The van der Waals surface area contributed by atoms with Crippen molar-refractivity contribution in [2.24, 2.45) is 5.73 Å². The molecule has 0 aliphatic heterocycles. The standard InChI is InChI=1S/C14H29NO4/c1-2-3-4-5-6-7-8-17-9-10-18-11-12-19-13-14(15)16/h2-13H2,1H3,(H2,15,16). The Morgan fingerprint density at radius 2 is 1.32 bits per heavy atom. The third kappa shape index (κ3) is 17.4. The van der Waals surface area contributed by atoms with Gasteiger partial charge in [-0.25, -0.2) is 0 Å². The molecular weight excluding hydrogens is 246 g/mol. The molecule has 0 fully saturated rings. The van der Waals surface area contributed by atoms with Crippen molar-refractivity contribution in [3.8, 4) is 0 Å². The van der Waals surface area contributed by atoms with Crippen molar-refractivity contribution >= 4 is 5.91 Å². The zero-order valence-corrected chi connectivity index (χ0v) is 12.2. The van der Waals surface area contributed by atoms with E-state index in [-0.39, 0.29) is 6.61 Å². The number of carbonyl (C=O) groups excluding carboxylic acids is 1. The minimum absolute atomic E-state index is 0.0438. The molecule has 0 aromatic heterocycles. The van der Waals surface area contributed by atoms with E-state index < -0.39 is 5.91 Å². The van der Waals surface area contributed by atoms with Crippen LogP contribution in [-0.4, -0.2) is 45.5 Å². The van der Waals surface area contributed by atoms with Gasteiger partial charge in [0.15, 0.2) is 0 Å². The Balaban J connectivity index is 2.93. The average molecular weight is 275 g/mol. The SMILES string of the molecule is CCCCCCCCOCCOCCOCC(N)=O. The van der Waals surface area contributed by atoms with Gasteiger partial charge in [-0.05, 0) is 6.42 Å². The molecule has 0 heterocycles. The Hall–Kier alpha value is -0.650. The molecule has 5 nitrogen and oxygen atoms in total. The molecular formula is C14H29NO4. The highest BCUT2D eigenvalue weighted by Crippen LogP contribution is 2.04. The summed E-state index contributed by atoms with van der Waals surface area (Å²) < 4.78 is 15.7. The maximum Gasteiger partial charge on any atom is 0.243 e. The molecule has 0 radical (unpaired) electrons. The Kier molecular flexibility index (Phi) is 14.9. The van der Waals surface area contributed by atoms with E-state index in [9.17, 15) is 4.79 Å². The van der Waals surface area contributed by atoms with Crippen LogP contribution in [0.1, 0.15) is 45.4 Å². The lowest BCUT2D eigenvalue weighted by Crippen LogP contribution is -2.20. The van der Waals surface area contributed by atoms with Gasteiger partial charge >= 0.3 is 0 Å². The summed E-state index contributed by atoms with van der Waals surface area (Å²) in [5.41, 5.74) is 4.91. The van der Waals surface area contributed by atoms with Crippen LogP contribution in [0.4, 0.5) is 0 Å². The molecule has 1 amide bonds. The van der Waals surface area contributed by atoms with E-state index in [1.165, 1.54) is 32.1 Å². The van der Waals surface area contributed by atoms with Crippen LogP contribution in [0.15, 0.2) is 0 Å². The van der Waals surface area contributed by atoms with Crippen molar-refractivity contribution in [2.75, 3.05) is 39.6 Å². The van der Waals surface area contributed by atoms with Crippen molar-refractivity contribution in [1.82, 2.24) is 0 Å². The number of unbranched alkanes of at least 4 members (excludes halogenated alkanes) is 5. The van der Waals surface area contributed by atoms with Crippen molar-refractivity contribution < 1.29 is 19.0 Å². The molecule has 0 unspecified atom stereocenters. The first-order valence-corrected chi connectivity index (χ1v) is 7.29. The lowest BCUT2D eigenvalue weighted by atomic mass is 10.1. The van der Waals surface area contributed by atoms with Crippen molar-refractivity contribution in [3.63, 3.8) is 0 Å². The topological polar surface area (TPSA) is 70.8 Å². The van der Waals surface area contributed by atoms with Crippen LogP contribution in [0.5, 0.6) is 0 Å². The maximum absolute atomic E-state index is 10.4. The molecule has 0 bridgehead atoms. The summed E-state index contributed by atoms with van der Waals surface area (Å²) in [6, 6.07) is 0. The van der Waals surface area contributed by atoms with Crippen LogP contribution in [0.3, 0.4) is 0 Å². The second-order valence-corrected chi connectivity index (χ2v) is 4.51. The van der Waals surface area contributed by atoms with E-state index in [0.717, 1.165) is 13.0 Å². The minimum atomic E-state index is -0.456. The normalized spacial score (nSPS) is 10.8. The highest BCUT2D eigenvalue weighted by Gasteiger charge is 1.95. The van der Waals surface area contributed by atoms with Crippen LogP contribution in [-0.2, 0) is 19.0 Å². The molecule has 0 aliphatic rings. The fourth-order valence-electron chi connectivity index (χ4n) is 1.60. The zero-order chi connectivity index (χ0) is 14.2. The van der Waals surface area contributed by atoms with Gasteiger partial charge in [0.1, 0.15) is 6.61 Å². The summed E-state index contributed by atoms with van der Waals surface area (Å²) in [6.45, 7) is 5.03. The number of ether oxygens (including phenoxy) is 3.